The monoisotopic (exact) mass is 369 g/mol. The van der Waals surface area contributed by atoms with Gasteiger partial charge in [-0.3, -0.25) is 9.48 Å². The van der Waals surface area contributed by atoms with Gasteiger partial charge in [0.2, 0.25) is 6.10 Å². The molecular formula is C20H27N5O2. The minimum atomic E-state index is -0.619. The number of nitrogens with one attached hydrogen (secondary N) is 1. The Kier molecular flexibility index (Phi) is 5.78. The Balaban J connectivity index is 1.60. The van der Waals surface area contributed by atoms with Crippen LogP contribution in [0, 0.1) is 6.92 Å². The first kappa shape index (κ1) is 18.9. The highest BCUT2D eigenvalue weighted by Crippen LogP contribution is 2.22. The second kappa shape index (κ2) is 8.24. The zero-order chi connectivity index (χ0) is 19.4. The summed E-state index contributed by atoms with van der Waals surface area (Å²) in [5.41, 5.74) is 4.50. The molecule has 0 fully saturated rings. The van der Waals surface area contributed by atoms with Gasteiger partial charge in [-0.2, -0.15) is 5.10 Å². The number of carbonyl (C=O) groups excluding carboxylic acids is 1. The van der Waals surface area contributed by atoms with Gasteiger partial charge < -0.3 is 15.1 Å². The summed E-state index contributed by atoms with van der Waals surface area (Å²) in [6.45, 7) is 10.9. The number of carbonyl (C=O) groups is 1. The predicted molar refractivity (Wildman–Crippen MR) is 107 cm³/mol. The Labute approximate surface area is 160 Å². The average Bonchev–Trinajstić information content (AvgIpc) is 3.30. The van der Waals surface area contributed by atoms with E-state index in [-0.39, 0.29) is 5.91 Å². The number of aromatic nitrogens is 2. The Bertz CT molecular complexity index is 821. The molecular weight excluding hydrogens is 342 g/mol. The highest BCUT2D eigenvalue weighted by Gasteiger charge is 2.30. The molecule has 1 aromatic heterocycles. The third-order valence-electron chi connectivity index (χ3n) is 4.81. The zero-order valence-electron chi connectivity index (χ0n) is 16.4. The lowest BCUT2D eigenvalue weighted by molar-refractivity contribution is -0.125. The van der Waals surface area contributed by atoms with Gasteiger partial charge in [-0.05, 0) is 52.0 Å². The lowest BCUT2D eigenvalue weighted by atomic mass is 10.1. The summed E-state index contributed by atoms with van der Waals surface area (Å²) in [5.74, 6) is -0.190. The summed E-state index contributed by atoms with van der Waals surface area (Å²) in [4.78, 5) is 20.2. The number of oxime groups is 1. The van der Waals surface area contributed by atoms with Crippen molar-refractivity contribution < 1.29 is 9.63 Å². The number of aryl methyl sites for hydroxylation is 2. The molecule has 1 aliphatic rings. The van der Waals surface area contributed by atoms with E-state index in [1.165, 1.54) is 0 Å². The third-order valence-corrected chi connectivity index (χ3v) is 4.81. The molecule has 3 rings (SSSR count). The molecule has 2 heterocycles. The molecule has 144 valence electrons. The molecule has 0 saturated carbocycles. The van der Waals surface area contributed by atoms with E-state index in [0.717, 1.165) is 48.0 Å². The zero-order valence-corrected chi connectivity index (χ0v) is 16.4. The standard InChI is InChI=1S/C20H27N5O2/c1-5-24(6-2)16-10-8-15(9-11-16)21-20(26)19-12-18(23-27-19)17-13-25(7-3)22-14(17)4/h8-11,13,19H,5-7,12H2,1-4H3,(H,21,26). The highest BCUT2D eigenvalue weighted by molar-refractivity contribution is 6.06. The molecule has 1 aliphatic heterocycles. The van der Waals surface area contributed by atoms with E-state index < -0.39 is 6.10 Å². The van der Waals surface area contributed by atoms with Crippen LogP contribution in [0.5, 0.6) is 0 Å². The first-order chi connectivity index (χ1) is 13.0. The first-order valence-corrected chi connectivity index (χ1v) is 9.48. The van der Waals surface area contributed by atoms with Crippen molar-refractivity contribution in [1.29, 1.82) is 0 Å². The molecule has 0 bridgehead atoms. The molecule has 1 amide bonds. The highest BCUT2D eigenvalue weighted by atomic mass is 16.6. The second-order valence-electron chi connectivity index (χ2n) is 6.53. The number of benzene rings is 1. The molecule has 7 nitrogen and oxygen atoms in total. The van der Waals surface area contributed by atoms with Crippen LogP contribution in [-0.4, -0.2) is 40.6 Å². The summed E-state index contributed by atoms with van der Waals surface area (Å²) in [6, 6.07) is 7.86. The van der Waals surface area contributed by atoms with E-state index in [0.29, 0.717) is 6.42 Å². The SMILES string of the molecule is CCN(CC)c1ccc(NC(=O)C2CC(c3cn(CC)nc3C)=NO2)cc1. The van der Waals surface area contributed by atoms with Gasteiger partial charge >= 0.3 is 0 Å². The molecule has 0 aliphatic carbocycles. The quantitative estimate of drug-likeness (QED) is 0.814. The molecule has 1 atom stereocenters. The first-order valence-electron chi connectivity index (χ1n) is 9.48. The van der Waals surface area contributed by atoms with E-state index in [2.05, 4.69) is 34.3 Å². The summed E-state index contributed by atoms with van der Waals surface area (Å²) in [6.07, 6.45) is 1.77. The molecule has 1 aromatic carbocycles. The molecule has 27 heavy (non-hydrogen) atoms. The van der Waals surface area contributed by atoms with Crippen molar-refractivity contribution >= 4 is 23.0 Å². The van der Waals surface area contributed by atoms with Gasteiger partial charge in [-0.15, -0.1) is 0 Å². The van der Waals surface area contributed by atoms with E-state index in [4.69, 9.17) is 4.84 Å². The van der Waals surface area contributed by atoms with Gasteiger partial charge in [0.15, 0.2) is 0 Å². The van der Waals surface area contributed by atoms with Crippen LogP contribution < -0.4 is 10.2 Å². The Morgan fingerprint density at radius 2 is 1.96 bits per heavy atom. The van der Waals surface area contributed by atoms with Crippen LogP contribution in [0.1, 0.15) is 38.4 Å². The van der Waals surface area contributed by atoms with Crippen molar-refractivity contribution in [3.8, 4) is 0 Å². The van der Waals surface area contributed by atoms with Gasteiger partial charge in [0.1, 0.15) is 0 Å². The molecule has 0 radical (unpaired) electrons. The van der Waals surface area contributed by atoms with E-state index in [1.807, 2.05) is 49.0 Å². The Hall–Kier alpha value is -2.83. The number of hydrogen-bond donors (Lipinski definition) is 1. The molecule has 0 saturated heterocycles. The number of nitrogens with zero attached hydrogens (tertiary/aromatic N) is 4. The van der Waals surface area contributed by atoms with Crippen LogP contribution in [0.25, 0.3) is 0 Å². The van der Waals surface area contributed by atoms with Crippen molar-refractivity contribution in [3.05, 3.63) is 41.7 Å². The van der Waals surface area contributed by atoms with Crippen LogP contribution in [0.2, 0.25) is 0 Å². The van der Waals surface area contributed by atoms with E-state index in [1.54, 1.807) is 0 Å². The maximum atomic E-state index is 12.5. The van der Waals surface area contributed by atoms with Crippen molar-refractivity contribution in [2.45, 2.75) is 46.8 Å². The van der Waals surface area contributed by atoms with Crippen LogP contribution in [0.4, 0.5) is 11.4 Å². The van der Waals surface area contributed by atoms with E-state index in [9.17, 15) is 4.79 Å². The van der Waals surface area contributed by atoms with Crippen LogP contribution >= 0.6 is 0 Å². The van der Waals surface area contributed by atoms with Crippen molar-refractivity contribution in [2.75, 3.05) is 23.3 Å². The largest absolute Gasteiger partial charge is 0.382 e. The minimum Gasteiger partial charge on any atom is -0.382 e. The molecule has 0 spiro atoms. The van der Waals surface area contributed by atoms with Gasteiger partial charge in [-0.25, -0.2) is 0 Å². The summed E-state index contributed by atoms with van der Waals surface area (Å²) >= 11 is 0. The van der Waals surface area contributed by atoms with Crippen molar-refractivity contribution in [3.63, 3.8) is 0 Å². The van der Waals surface area contributed by atoms with Gasteiger partial charge in [0.25, 0.3) is 5.91 Å². The normalized spacial score (nSPS) is 16.0. The Morgan fingerprint density at radius 1 is 1.26 bits per heavy atom. The number of hydrogen-bond acceptors (Lipinski definition) is 5. The van der Waals surface area contributed by atoms with Crippen LogP contribution in [0.15, 0.2) is 35.6 Å². The fraction of sp³-hybridized carbons (Fsp3) is 0.450. The smallest absolute Gasteiger partial charge is 0.268 e. The maximum Gasteiger partial charge on any atom is 0.268 e. The van der Waals surface area contributed by atoms with Gasteiger partial charge in [-0.1, -0.05) is 5.16 Å². The van der Waals surface area contributed by atoms with Gasteiger partial charge in [0.05, 0.1) is 11.4 Å². The molecule has 2 aromatic rings. The number of rotatable bonds is 7. The fourth-order valence-corrected chi connectivity index (χ4v) is 3.21. The molecule has 7 heteroatoms. The lowest BCUT2D eigenvalue weighted by Crippen LogP contribution is -2.28. The topological polar surface area (TPSA) is 71.8 Å². The number of anilines is 2. The predicted octanol–water partition coefficient (Wildman–Crippen LogP) is 3.19. The maximum absolute atomic E-state index is 12.5. The van der Waals surface area contributed by atoms with Crippen molar-refractivity contribution in [1.82, 2.24) is 9.78 Å². The molecule has 1 N–H and O–H groups in total. The molecule has 1 unspecified atom stereocenters. The summed E-state index contributed by atoms with van der Waals surface area (Å²) in [5, 5.41) is 11.4. The second-order valence-corrected chi connectivity index (χ2v) is 6.53. The van der Waals surface area contributed by atoms with Crippen LogP contribution in [-0.2, 0) is 16.2 Å². The van der Waals surface area contributed by atoms with E-state index >= 15 is 0 Å². The summed E-state index contributed by atoms with van der Waals surface area (Å²) in [7, 11) is 0. The van der Waals surface area contributed by atoms with Gasteiger partial charge in [0, 0.05) is 49.2 Å². The summed E-state index contributed by atoms with van der Waals surface area (Å²) < 4.78 is 1.86. The fourth-order valence-electron chi connectivity index (χ4n) is 3.21. The lowest BCUT2D eigenvalue weighted by Gasteiger charge is -2.21. The Morgan fingerprint density at radius 3 is 2.56 bits per heavy atom. The number of amides is 1. The van der Waals surface area contributed by atoms with Crippen LogP contribution in [0.3, 0.4) is 0 Å². The minimum absolute atomic E-state index is 0.190. The third kappa shape index (κ3) is 4.13. The van der Waals surface area contributed by atoms with Crippen molar-refractivity contribution in [2.24, 2.45) is 5.16 Å². The average molecular weight is 369 g/mol.